The van der Waals surface area contributed by atoms with Crippen molar-refractivity contribution in [2.24, 2.45) is 0 Å². The van der Waals surface area contributed by atoms with Gasteiger partial charge < -0.3 is 14.5 Å². The van der Waals surface area contributed by atoms with E-state index in [2.05, 4.69) is 27.3 Å². The Hall–Kier alpha value is -1.60. The second-order valence-corrected chi connectivity index (χ2v) is 10.3. The molecule has 1 amide bonds. The molecule has 1 aliphatic carbocycles. The molecule has 1 saturated heterocycles. The SMILES string of the molecule is Cc1nc(C2CCC(N3C[C@H](C(=O)NC(C)C)OC[C@@H]3Cc3ccc(Cl)cc3)CC2)oc1C.Cl. The van der Waals surface area contributed by atoms with Gasteiger partial charge in [0.15, 0.2) is 5.89 Å². The fourth-order valence-electron chi connectivity index (χ4n) is 5.09. The van der Waals surface area contributed by atoms with Crippen molar-refractivity contribution in [2.75, 3.05) is 13.2 Å². The Bertz CT molecular complexity index is 920. The van der Waals surface area contributed by atoms with E-state index in [0.29, 0.717) is 25.1 Å². The zero-order valence-electron chi connectivity index (χ0n) is 20.6. The number of oxazole rings is 1. The Morgan fingerprint density at radius 1 is 1.18 bits per heavy atom. The molecule has 1 aliphatic heterocycles. The van der Waals surface area contributed by atoms with Gasteiger partial charge in [-0.3, -0.25) is 9.69 Å². The highest BCUT2D eigenvalue weighted by Crippen LogP contribution is 2.36. The fourth-order valence-corrected chi connectivity index (χ4v) is 5.22. The van der Waals surface area contributed by atoms with E-state index in [1.165, 1.54) is 5.56 Å². The first-order chi connectivity index (χ1) is 15.8. The number of carbonyl (C=O) groups is 1. The molecule has 0 unspecified atom stereocenters. The molecule has 8 heteroatoms. The molecule has 6 nitrogen and oxygen atoms in total. The average molecular weight is 511 g/mol. The maximum atomic E-state index is 12.7. The van der Waals surface area contributed by atoms with Gasteiger partial charge in [-0.1, -0.05) is 23.7 Å². The molecule has 4 rings (SSSR count). The summed E-state index contributed by atoms with van der Waals surface area (Å²) in [4.78, 5) is 19.9. The van der Waals surface area contributed by atoms with Crippen molar-refractivity contribution in [1.82, 2.24) is 15.2 Å². The number of halogens is 2. The van der Waals surface area contributed by atoms with E-state index in [9.17, 15) is 4.79 Å². The number of nitrogens with zero attached hydrogens (tertiary/aromatic N) is 2. The highest BCUT2D eigenvalue weighted by atomic mass is 35.5. The highest BCUT2D eigenvalue weighted by Gasteiger charge is 2.38. The summed E-state index contributed by atoms with van der Waals surface area (Å²) in [5.41, 5.74) is 2.23. The van der Waals surface area contributed by atoms with E-state index in [1.54, 1.807) is 0 Å². The first-order valence-corrected chi connectivity index (χ1v) is 12.5. The fraction of sp³-hybridized carbons (Fsp3) is 0.615. The number of carbonyl (C=O) groups excluding carboxylic acids is 1. The van der Waals surface area contributed by atoms with Crippen LogP contribution < -0.4 is 5.32 Å². The molecule has 0 spiro atoms. The van der Waals surface area contributed by atoms with Crippen LogP contribution in [-0.4, -0.2) is 53.2 Å². The quantitative estimate of drug-likeness (QED) is 0.577. The first kappa shape index (κ1) is 27.0. The summed E-state index contributed by atoms with van der Waals surface area (Å²) in [5, 5.41) is 3.76. The summed E-state index contributed by atoms with van der Waals surface area (Å²) >= 11 is 6.08. The van der Waals surface area contributed by atoms with Gasteiger partial charge in [0.05, 0.1) is 12.3 Å². The Morgan fingerprint density at radius 3 is 2.44 bits per heavy atom. The zero-order valence-corrected chi connectivity index (χ0v) is 22.1. The molecule has 1 N–H and O–H groups in total. The van der Waals surface area contributed by atoms with E-state index < -0.39 is 6.10 Å². The van der Waals surface area contributed by atoms with Gasteiger partial charge in [0, 0.05) is 35.6 Å². The molecule has 2 fully saturated rings. The maximum absolute atomic E-state index is 12.7. The number of nitrogens with one attached hydrogen (secondary N) is 1. The number of benzene rings is 1. The van der Waals surface area contributed by atoms with Crippen LogP contribution in [0.4, 0.5) is 0 Å². The van der Waals surface area contributed by atoms with Crippen LogP contribution in [0, 0.1) is 13.8 Å². The van der Waals surface area contributed by atoms with Gasteiger partial charge in [-0.2, -0.15) is 0 Å². The number of aromatic nitrogens is 1. The molecule has 2 atom stereocenters. The minimum Gasteiger partial charge on any atom is -0.445 e. The molecular formula is C26H37Cl2N3O3. The van der Waals surface area contributed by atoms with Crippen molar-refractivity contribution < 1.29 is 13.9 Å². The Kier molecular flexibility index (Phi) is 9.44. The largest absolute Gasteiger partial charge is 0.445 e. The monoisotopic (exact) mass is 509 g/mol. The van der Waals surface area contributed by atoms with Crippen LogP contribution in [0.3, 0.4) is 0 Å². The summed E-state index contributed by atoms with van der Waals surface area (Å²) in [6, 6.07) is 8.82. The van der Waals surface area contributed by atoms with Crippen molar-refractivity contribution >= 4 is 29.9 Å². The molecule has 1 aromatic heterocycles. The predicted octanol–water partition coefficient (Wildman–Crippen LogP) is 5.23. The number of morpholine rings is 1. The van der Waals surface area contributed by atoms with Crippen LogP contribution in [0.1, 0.15) is 68.4 Å². The van der Waals surface area contributed by atoms with Crippen molar-refractivity contribution in [3.05, 3.63) is 52.2 Å². The van der Waals surface area contributed by atoms with Crippen LogP contribution in [0.2, 0.25) is 5.02 Å². The van der Waals surface area contributed by atoms with E-state index >= 15 is 0 Å². The molecule has 34 heavy (non-hydrogen) atoms. The van der Waals surface area contributed by atoms with Gasteiger partial charge in [-0.25, -0.2) is 4.98 Å². The Balaban J connectivity index is 0.00000324. The van der Waals surface area contributed by atoms with Crippen molar-refractivity contribution in [1.29, 1.82) is 0 Å². The first-order valence-electron chi connectivity index (χ1n) is 12.2. The molecule has 2 heterocycles. The average Bonchev–Trinajstić information content (AvgIpc) is 3.13. The highest BCUT2D eigenvalue weighted by molar-refractivity contribution is 6.30. The third kappa shape index (κ3) is 6.54. The molecule has 1 aromatic carbocycles. The lowest BCUT2D eigenvalue weighted by Crippen LogP contribution is -2.59. The molecule has 2 aromatic rings. The molecule has 0 bridgehead atoms. The summed E-state index contributed by atoms with van der Waals surface area (Å²) in [6.07, 6.45) is 4.70. The van der Waals surface area contributed by atoms with Crippen LogP contribution in [0.5, 0.6) is 0 Å². The maximum Gasteiger partial charge on any atom is 0.250 e. The topological polar surface area (TPSA) is 67.6 Å². The van der Waals surface area contributed by atoms with Gasteiger partial charge in [0.25, 0.3) is 5.91 Å². The van der Waals surface area contributed by atoms with E-state index in [1.807, 2.05) is 39.8 Å². The van der Waals surface area contributed by atoms with Gasteiger partial charge in [0.1, 0.15) is 11.9 Å². The van der Waals surface area contributed by atoms with E-state index in [-0.39, 0.29) is 30.4 Å². The van der Waals surface area contributed by atoms with Crippen molar-refractivity contribution in [2.45, 2.75) is 89.9 Å². The second-order valence-electron chi connectivity index (χ2n) is 9.87. The number of ether oxygens (including phenoxy) is 1. The Labute approximate surface area is 214 Å². The van der Waals surface area contributed by atoms with Crippen molar-refractivity contribution in [3.8, 4) is 0 Å². The third-order valence-electron chi connectivity index (χ3n) is 7.00. The smallest absolute Gasteiger partial charge is 0.250 e. The molecule has 0 radical (unpaired) electrons. The van der Waals surface area contributed by atoms with Crippen LogP contribution in [0.15, 0.2) is 28.7 Å². The summed E-state index contributed by atoms with van der Waals surface area (Å²) in [6.45, 7) is 9.13. The summed E-state index contributed by atoms with van der Waals surface area (Å²) < 4.78 is 12.0. The molecular weight excluding hydrogens is 473 g/mol. The standard InChI is InChI=1S/C26H36ClN3O3.ClH/c1-16(2)28-25(31)24-14-30(23(15-32-24)13-19-5-9-21(27)10-6-19)22-11-7-20(8-12-22)26-29-17(3)18(4)33-26;/h5-6,9-10,16,20,22-24H,7-8,11-15H2,1-4H3,(H,28,31);1H/t20?,22?,23-,24+;/m0./s1. The van der Waals surface area contributed by atoms with Crippen LogP contribution in [0.25, 0.3) is 0 Å². The summed E-state index contributed by atoms with van der Waals surface area (Å²) in [7, 11) is 0. The number of aryl methyl sites for hydroxylation is 2. The lowest BCUT2D eigenvalue weighted by atomic mass is 9.84. The van der Waals surface area contributed by atoms with Gasteiger partial charge in [-0.15, -0.1) is 12.4 Å². The van der Waals surface area contributed by atoms with Gasteiger partial charge >= 0.3 is 0 Å². The van der Waals surface area contributed by atoms with E-state index in [0.717, 1.165) is 54.5 Å². The molecule has 1 saturated carbocycles. The van der Waals surface area contributed by atoms with Gasteiger partial charge in [0.2, 0.25) is 0 Å². The van der Waals surface area contributed by atoms with Crippen molar-refractivity contribution in [3.63, 3.8) is 0 Å². The van der Waals surface area contributed by atoms with Crippen LogP contribution in [-0.2, 0) is 16.0 Å². The number of rotatable bonds is 6. The molecule has 2 aliphatic rings. The lowest BCUT2D eigenvalue weighted by molar-refractivity contribution is -0.145. The normalized spacial score (nSPS) is 25.7. The number of hydrogen-bond acceptors (Lipinski definition) is 5. The molecule has 188 valence electrons. The lowest BCUT2D eigenvalue weighted by Gasteiger charge is -2.45. The third-order valence-corrected chi connectivity index (χ3v) is 7.26. The zero-order chi connectivity index (χ0) is 23.5. The number of amides is 1. The predicted molar refractivity (Wildman–Crippen MR) is 137 cm³/mol. The minimum absolute atomic E-state index is 0. The van der Waals surface area contributed by atoms with Crippen LogP contribution >= 0.6 is 24.0 Å². The Morgan fingerprint density at radius 2 is 1.85 bits per heavy atom. The van der Waals surface area contributed by atoms with Gasteiger partial charge in [-0.05, 0) is 77.5 Å². The van der Waals surface area contributed by atoms with E-state index in [4.69, 9.17) is 20.8 Å². The minimum atomic E-state index is -0.427. The summed E-state index contributed by atoms with van der Waals surface area (Å²) in [5.74, 6) is 2.17. The number of hydrogen-bond donors (Lipinski definition) is 1. The second kappa shape index (κ2) is 11.9.